The second-order valence-electron chi connectivity index (χ2n) is 5.69. The summed E-state index contributed by atoms with van der Waals surface area (Å²) in [5.41, 5.74) is 6.43. The molecule has 1 saturated carbocycles. The Morgan fingerprint density at radius 1 is 1.35 bits per heavy atom. The Balaban J connectivity index is 1.79. The lowest BCUT2D eigenvalue weighted by Gasteiger charge is -2.51. The molecule has 0 aromatic rings. The average molecular weight is 256 g/mol. The van der Waals surface area contributed by atoms with Gasteiger partial charge in [-0.1, -0.05) is 0 Å². The van der Waals surface area contributed by atoms with E-state index in [9.17, 15) is 0 Å². The van der Waals surface area contributed by atoms with Gasteiger partial charge in [-0.15, -0.1) is 0 Å². The highest BCUT2D eigenvalue weighted by atomic mass is 32.2. The van der Waals surface area contributed by atoms with Gasteiger partial charge in [-0.3, -0.25) is 4.90 Å². The van der Waals surface area contributed by atoms with Gasteiger partial charge in [-0.25, -0.2) is 0 Å². The third-order valence-electron chi connectivity index (χ3n) is 4.77. The molecule has 0 spiro atoms. The maximum Gasteiger partial charge on any atom is 0.0731 e. The molecule has 0 amide bonds. The molecule has 0 bridgehead atoms. The van der Waals surface area contributed by atoms with Gasteiger partial charge in [0.1, 0.15) is 0 Å². The van der Waals surface area contributed by atoms with Crippen LogP contribution in [0.15, 0.2) is 0 Å². The van der Waals surface area contributed by atoms with Crippen LogP contribution in [0.5, 0.6) is 0 Å². The Bertz CT molecular complexity index is 268. The van der Waals surface area contributed by atoms with Gasteiger partial charge in [0.05, 0.1) is 12.7 Å². The topological polar surface area (TPSA) is 38.5 Å². The molecule has 3 unspecified atom stereocenters. The number of thioether (sulfide) groups is 1. The molecule has 0 aromatic carbocycles. The van der Waals surface area contributed by atoms with Gasteiger partial charge in [-0.2, -0.15) is 11.8 Å². The van der Waals surface area contributed by atoms with E-state index in [0.717, 1.165) is 19.7 Å². The summed E-state index contributed by atoms with van der Waals surface area (Å²) >= 11 is 2.09. The average Bonchev–Trinajstić information content (AvgIpc) is 2.87. The summed E-state index contributed by atoms with van der Waals surface area (Å²) in [4.78, 5) is 2.74. The van der Waals surface area contributed by atoms with Gasteiger partial charge in [0.15, 0.2) is 0 Å². The second-order valence-corrected chi connectivity index (χ2v) is 6.79. The molecule has 3 nitrogen and oxygen atoms in total. The monoisotopic (exact) mass is 256 g/mol. The van der Waals surface area contributed by atoms with Gasteiger partial charge >= 0.3 is 0 Å². The highest BCUT2D eigenvalue weighted by Crippen LogP contribution is 2.39. The number of rotatable bonds is 2. The molecule has 98 valence electrons. The van der Waals surface area contributed by atoms with Crippen molar-refractivity contribution < 1.29 is 4.74 Å². The highest BCUT2D eigenvalue weighted by Gasteiger charge is 2.46. The van der Waals surface area contributed by atoms with Gasteiger partial charge in [0.2, 0.25) is 0 Å². The van der Waals surface area contributed by atoms with Crippen LogP contribution in [-0.4, -0.2) is 53.8 Å². The third-order valence-corrected chi connectivity index (χ3v) is 6.09. The summed E-state index contributed by atoms with van der Waals surface area (Å²) in [5, 5.41) is 0. The molecule has 2 saturated heterocycles. The van der Waals surface area contributed by atoms with Crippen LogP contribution >= 0.6 is 11.8 Å². The standard InChI is InChI=1S/C13H24N2OS/c14-9-13(5-2-8-17-10-13)15-6-7-16-12-4-1-3-11(12)15/h11-12H,1-10,14H2. The number of morpholine rings is 1. The number of hydrogen-bond acceptors (Lipinski definition) is 4. The zero-order chi connectivity index (χ0) is 11.7. The second kappa shape index (κ2) is 5.08. The predicted molar refractivity (Wildman–Crippen MR) is 72.4 cm³/mol. The molecule has 0 radical (unpaired) electrons. The molecule has 0 aromatic heterocycles. The quantitative estimate of drug-likeness (QED) is 0.812. The summed E-state index contributed by atoms with van der Waals surface area (Å²) < 4.78 is 5.92. The molecule has 3 atom stereocenters. The van der Waals surface area contributed by atoms with Gasteiger partial charge < -0.3 is 10.5 Å². The molecule has 3 aliphatic rings. The van der Waals surface area contributed by atoms with Crippen LogP contribution in [-0.2, 0) is 4.74 Å². The van der Waals surface area contributed by atoms with Crippen molar-refractivity contribution in [3.63, 3.8) is 0 Å². The summed E-state index contributed by atoms with van der Waals surface area (Å²) in [7, 11) is 0. The van der Waals surface area contributed by atoms with E-state index in [-0.39, 0.29) is 5.54 Å². The van der Waals surface area contributed by atoms with Crippen molar-refractivity contribution in [3.8, 4) is 0 Å². The minimum Gasteiger partial charge on any atom is -0.375 e. The van der Waals surface area contributed by atoms with Crippen LogP contribution in [0.3, 0.4) is 0 Å². The van der Waals surface area contributed by atoms with Crippen LogP contribution in [0.1, 0.15) is 32.1 Å². The van der Waals surface area contributed by atoms with Crippen LogP contribution in [0.4, 0.5) is 0 Å². The van der Waals surface area contributed by atoms with E-state index in [2.05, 4.69) is 16.7 Å². The van der Waals surface area contributed by atoms with Crippen LogP contribution in [0, 0.1) is 0 Å². The predicted octanol–water partition coefficient (Wildman–Crippen LogP) is 1.46. The maximum absolute atomic E-state index is 6.16. The first-order valence-electron chi connectivity index (χ1n) is 7.02. The van der Waals surface area contributed by atoms with E-state index in [4.69, 9.17) is 10.5 Å². The normalized spacial score (nSPS) is 43.6. The number of hydrogen-bond donors (Lipinski definition) is 1. The lowest BCUT2D eigenvalue weighted by Crippen LogP contribution is -2.64. The summed E-state index contributed by atoms with van der Waals surface area (Å²) in [5.74, 6) is 2.55. The Morgan fingerprint density at radius 3 is 3.06 bits per heavy atom. The van der Waals surface area contributed by atoms with Crippen molar-refractivity contribution in [1.82, 2.24) is 4.90 Å². The fourth-order valence-electron chi connectivity index (χ4n) is 3.86. The van der Waals surface area contributed by atoms with Gasteiger partial charge in [-0.05, 0) is 37.9 Å². The zero-order valence-electron chi connectivity index (χ0n) is 10.6. The molecule has 1 aliphatic carbocycles. The minimum atomic E-state index is 0.278. The molecule has 17 heavy (non-hydrogen) atoms. The number of ether oxygens (including phenoxy) is 1. The Morgan fingerprint density at radius 2 is 2.29 bits per heavy atom. The third kappa shape index (κ3) is 2.14. The van der Waals surface area contributed by atoms with Crippen molar-refractivity contribution in [2.75, 3.05) is 31.2 Å². The smallest absolute Gasteiger partial charge is 0.0731 e. The lowest BCUT2D eigenvalue weighted by atomic mass is 9.90. The maximum atomic E-state index is 6.16. The molecule has 2 heterocycles. The van der Waals surface area contributed by atoms with E-state index >= 15 is 0 Å². The van der Waals surface area contributed by atoms with Crippen molar-refractivity contribution in [3.05, 3.63) is 0 Å². The van der Waals surface area contributed by atoms with E-state index < -0.39 is 0 Å². The number of fused-ring (bicyclic) bond motifs is 1. The van der Waals surface area contributed by atoms with Crippen LogP contribution in [0.25, 0.3) is 0 Å². The fourth-order valence-corrected chi connectivity index (χ4v) is 5.16. The molecular weight excluding hydrogens is 232 g/mol. The van der Waals surface area contributed by atoms with E-state index in [1.165, 1.54) is 43.6 Å². The largest absolute Gasteiger partial charge is 0.375 e. The lowest BCUT2D eigenvalue weighted by molar-refractivity contribution is -0.0944. The summed E-state index contributed by atoms with van der Waals surface area (Å²) in [6, 6.07) is 0.658. The highest BCUT2D eigenvalue weighted by molar-refractivity contribution is 7.99. The number of nitrogens with two attached hydrogens (primary N) is 1. The zero-order valence-corrected chi connectivity index (χ0v) is 11.4. The van der Waals surface area contributed by atoms with E-state index in [1.54, 1.807) is 0 Å². The summed E-state index contributed by atoms with van der Waals surface area (Å²) in [6.45, 7) is 2.83. The fraction of sp³-hybridized carbons (Fsp3) is 1.00. The molecule has 2 N–H and O–H groups in total. The minimum absolute atomic E-state index is 0.278. The first kappa shape index (κ1) is 12.3. The number of nitrogens with zero attached hydrogens (tertiary/aromatic N) is 1. The van der Waals surface area contributed by atoms with Gasteiger partial charge in [0.25, 0.3) is 0 Å². The van der Waals surface area contributed by atoms with Crippen molar-refractivity contribution in [2.45, 2.75) is 49.8 Å². The van der Waals surface area contributed by atoms with Crippen molar-refractivity contribution in [1.29, 1.82) is 0 Å². The Labute approximate surface area is 108 Å². The van der Waals surface area contributed by atoms with Crippen LogP contribution in [0.2, 0.25) is 0 Å². The molecule has 2 aliphatic heterocycles. The van der Waals surface area contributed by atoms with E-state index in [0.29, 0.717) is 12.1 Å². The first-order valence-corrected chi connectivity index (χ1v) is 8.17. The Hall–Kier alpha value is 0.230. The molecular formula is C13H24N2OS. The summed E-state index contributed by atoms with van der Waals surface area (Å²) in [6.07, 6.45) is 7.03. The molecule has 3 rings (SSSR count). The van der Waals surface area contributed by atoms with Crippen molar-refractivity contribution in [2.24, 2.45) is 5.73 Å². The van der Waals surface area contributed by atoms with E-state index in [1.807, 2.05) is 0 Å². The Kier molecular flexibility index (Phi) is 3.67. The first-order chi connectivity index (χ1) is 8.36. The molecule has 4 heteroatoms. The molecule has 3 fully saturated rings. The van der Waals surface area contributed by atoms with Gasteiger partial charge in [0, 0.05) is 30.4 Å². The van der Waals surface area contributed by atoms with Crippen molar-refractivity contribution >= 4 is 11.8 Å². The van der Waals surface area contributed by atoms with Crippen LogP contribution < -0.4 is 5.73 Å². The SMILES string of the molecule is NCC1(N2CCOC3CCCC32)CCCSC1.